The summed E-state index contributed by atoms with van der Waals surface area (Å²) in [5, 5.41) is 12.4. The van der Waals surface area contributed by atoms with Gasteiger partial charge in [-0.25, -0.2) is 0 Å². The summed E-state index contributed by atoms with van der Waals surface area (Å²) in [6, 6.07) is 13.6. The Labute approximate surface area is 275 Å². The quantitative estimate of drug-likeness (QED) is 0.268. The lowest BCUT2D eigenvalue weighted by Crippen LogP contribution is -2.55. The Morgan fingerprint density at radius 2 is 1.79 bits per heavy atom. The van der Waals surface area contributed by atoms with E-state index in [2.05, 4.69) is 5.32 Å². The summed E-state index contributed by atoms with van der Waals surface area (Å²) in [6.45, 7) is 4.51. The second-order valence-electron chi connectivity index (χ2n) is 12.9. The minimum atomic E-state index is -1.39. The van der Waals surface area contributed by atoms with E-state index in [1.54, 1.807) is 22.0 Å². The molecule has 2 N–H and O–H groups in total. The highest BCUT2D eigenvalue weighted by atomic mass is 16.5. The van der Waals surface area contributed by atoms with Crippen LogP contribution in [0.25, 0.3) is 0 Å². The Bertz CT molecular complexity index is 1570. The molecule has 4 aliphatic rings. The van der Waals surface area contributed by atoms with E-state index >= 15 is 0 Å². The zero-order valence-electron chi connectivity index (χ0n) is 27.0. The van der Waals surface area contributed by atoms with Gasteiger partial charge in [-0.05, 0) is 62.3 Å². The van der Waals surface area contributed by atoms with Crippen molar-refractivity contribution in [1.29, 1.82) is 0 Å². The number of likely N-dealkylation sites (tertiary alicyclic amines) is 1. The highest BCUT2D eigenvalue weighted by Gasteiger charge is 2.71. The number of fused-ring (bicyclic) bond motifs is 2. The number of carbonyl (C=O) groups is 4. The van der Waals surface area contributed by atoms with Crippen LogP contribution in [0.3, 0.4) is 0 Å². The number of aliphatic hydroxyl groups is 1. The number of hydrogen-bond acceptors (Lipinski definition) is 7. The number of ether oxygens (including phenoxy) is 2. The Morgan fingerprint density at radius 3 is 2.57 bits per heavy atom. The smallest absolute Gasteiger partial charge is 0.306 e. The maximum absolute atomic E-state index is 14.8. The van der Waals surface area contributed by atoms with E-state index in [9.17, 15) is 24.3 Å². The molecule has 0 aromatic heterocycles. The molecule has 2 aromatic rings. The minimum absolute atomic E-state index is 0.0449. The van der Waals surface area contributed by atoms with Crippen molar-refractivity contribution in [3.8, 4) is 0 Å². The number of anilines is 1. The van der Waals surface area contributed by atoms with Crippen LogP contribution in [-0.4, -0.2) is 77.7 Å². The molecular formula is C37H43N3O7. The van der Waals surface area contributed by atoms with E-state index in [0.717, 1.165) is 22.4 Å². The van der Waals surface area contributed by atoms with Crippen molar-refractivity contribution in [2.75, 3.05) is 31.2 Å². The van der Waals surface area contributed by atoms with Crippen LogP contribution in [0.4, 0.5) is 5.69 Å². The molecule has 0 aliphatic carbocycles. The Balaban J connectivity index is 1.42. The maximum Gasteiger partial charge on any atom is 0.306 e. The van der Waals surface area contributed by atoms with E-state index in [4.69, 9.17) is 9.47 Å². The molecule has 1 spiro atoms. The number of nitrogens with one attached hydrogen (secondary N) is 1. The molecule has 2 fully saturated rings. The number of esters is 1. The Hall–Kier alpha value is -4.28. The number of hydrogen-bond donors (Lipinski definition) is 2. The van der Waals surface area contributed by atoms with Gasteiger partial charge in [0.2, 0.25) is 11.8 Å². The van der Waals surface area contributed by atoms with Crippen LogP contribution in [-0.2, 0) is 28.7 Å². The van der Waals surface area contributed by atoms with E-state index in [0.29, 0.717) is 32.2 Å². The van der Waals surface area contributed by atoms with Crippen molar-refractivity contribution in [3.63, 3.8) is 0 Å². The van der Waals surface area contributed by atoms with Gasteiger partial charge in [-0.2, -0.15) is 0 Å². The van der Waals surface area contributed by atoms with Gasteiger partial charge in [-0.15, -0.1) is 0 Å². The number of aliphatic hydroxyl groups excluding tert-OH is 1. The third-order valence-electron chi connectivity index (χ3n) is 9.78. The lowest BCUT2D eigenvalue weighted by Gasteiger charge is -2.35. The number of nitrogens with zero attached hydrogens (tertiary/aromatic N) is 2. The van der Waals surface area contributed by atoms with Crippen molar-refractivity contribution in [3.05, 3.63) is 89.5 Å². The first-order valence-electron chi connectivity index (χ1n) is 16.6. The zero-order valence-corrected chi connectivity index (χ0v) is 27.0. The largest absolute Gasteiger partial charge is 0.463 e. The normalized spacial score (nSPS) is 30.0. The highest BCUT2D eigenvalue weighted by molar-refractivity contribution is 6.06. The second kappa shape index (κ2) is 13.8. The van der Waals surface area contributed by atoms with E-state index in [-0.39, 0.29) is 44.0 Å². The zero-order chi connectivity index (χ0) is 33.1. The van der Waals surface area contributed by atoms with Crippen LogP contribution in [0.2, 0.25) is 0 Å². The number of rotatable bonds is 7. The molecule has 248 valence electrons. The second-order valence-corrected chi connectivity index (χ2v) is 12.9. The van der Waals surface area contributed by atoms with Crippen LogP contribution in [0.15, 0.2) is 72.8 Å². The van der Waals surface area contributed by atoms with Gasteiger partial charge in [0, 0.05) is 31.8 Å². The number of amides is 3. The molecule has 4 aliphatic heterocycles. The van der Waals surface area contributed by atoms with Crippen LogP contribution >= 0.6 is 0 Å². The molecule has 4 heterocycles. The summed E-state index contributed by atoms with van der Waals surface area (Å²) in [5.74, 6) is -3.23. The molecule has 10 heteroatoms. The molecule has 6 rings (SSSR count). The first-order valence-corrected chi connectivity index (χ1v) is 16.6. The van der Waals surface area contributed by atoms with Crippen molar-refractivity contribution in [1.82, 2.24) is 10.2 Å². The number of allylic oxidation sites excluding steroid dienone is 1. The average Bonchev–Trinajstić information content (AvgIpc) is 3.45. The maximum atomic E-state index is 14.8. The van der Waals surface area contributed by atoms with Crippen LogP contribution in [0, 0.1) is 25.7 Å². The van der Waals surface area contributed by atoms with E-state index in [1.165, 1.54) is 0 Å². The first-order chi connectivity index (χ1) is 22.7. The molecule has 0 bridgehead atoms. The molecule has 6 atom stereocenters. The SMILES string of the molecule is Cc1ccc(C)c(N2CC=C[C@@]34O[C@H]5/C=C\CCC(=O)OC[C@H](c6ccccc6)NC(=O)[C@H]5[C@@H]3C(=O)N(CCCCCO)[C@H]4C2=O)c1. The van der Waals surface area contributed by atoms with Crippen molar-refractivity contribution < 1.29 is 33.8 Å². The minimum Gasteiger partial charge on any atom is -0.463 e. The van der Waals surface area contributed by atoms with Gasteiger partial charge < -0.3 is 29.7 Å². The van der Waals surface area contributed by atoms with Gasteiger partial charge in [0.1, 0.15) is 18.2 Å². The standard InChI is InChI=1S/C37H43N3O7/c1-24-16-17-25(2)28(22-24)39-20-11-18-37-32(35(44)40(33(37)36(39)45)19-9-4-10-21-41)31-29(47-37)14-7-8-15-30(42)46-23-27(38-34(31)43)26-12-5-3-6-13-26/h3,5-7,11-14,16-18,22,27,29,31-33,41H,4,8-10,15,19-21,23H2,1-2H3,(H,38,43)/b14-7-/t27-,29+,31-,32-,33+,37-/m1/s1. The molecule has 10 nitrogen and oxygen atoms in total. The van der Waals surface area contributed by atoms with Gasteiger partial charge in [-0.1, -0.05) is 66.8 Å². The van der Waals surface area contributed by atoms with Crippen LogP contribution < -0.4 is 10.2 Å². The molecule has 3 amide bonds. The fraction of sp³-hybridized carbons (Fsp3) is 0.459. The molecule has 47 heavy (non-hydrogen) atoms. The van der Waals surface area contributed by atoms with Gasteiger partial charge in [0.05, 0.1) is 24.0 Å². The summed E-state index contributed by atoms with van der Waals surface area (Å²) in [4.78, 5) is 59.6. The van der Waals surface area contributed by atoms with Gasteiger partial charge >= 0.3 is 5.97 Å². The number of aryl methyl sites for hydroxylation is 2. The number of benzene rings is 2. The van der Waals surface area contributed by atoms with Crippen molar-refractivity contribution in [2.45, 2.75) is 69.7 Å². The summed E-state index contributed by atoms with van der Waals surface area (Å²) in [6.07, 6.45) is 8.85. The monoisotopic (exact) mass is 641 g/mol. The fourth-order valence-electron chi connectivity index (χ4n) is 7.47. The number of carbonyl (C=O) groups excluding carboxylic acids is 4. The molecule has 2 saturated heterocycles. The Kier molecular flexibility index (Phi) is 9.61. The summed E-state index contributed by atoms with van der Waals surface area (Å²) in [7, 11) is 0. The topological polar surface area (TPSA) is 125 Å². The molecular weight excluding hydrogens is 598 g/mol. The van der Waals surface area contributed by atoms with Crippen LogP contribution in [0.5, 0.6) is 0 Å². The predicted molar refractivity (Wildman–Crippen MR) is 175 cm³/mol. The molecule has 2 aromatic carbocycles. The lowest BCUT2D eigenvalue weighted by atomic mass is 9.77. The van der Waals surface area contributed by atoms with Gasteiger partial charge in [0.25, 0.3) is 5.91 Å². The Morgan fingerprint density at radius 1 is 0.979 bits per heavy atom. The number of unbranched alkanes of at least 4 members (excludes halogenated alkanes) is 2. The summed E-state index contributed by atoms with van der Waals surface area (Å²) >= 11 is 0. The van der Waals surface area contributed by atoms with Crippen LogP contribution in [0.1, 0.15) is 54.8 Å². The van der Waals surface area contributed by atoms with E-state index in [1.807, 2.05) is 74.5 Å². The first kappa shape index (κ1) is 32.7. The summed E-state index contributed by atoms with van der Waals surface area (Å²) < 4.78 is 12.4. The highest BCUT2D eigenvalue weighted by Crippen LogP contribution is 2.53. The molecule has 0 saturated carbocycles. The third kappa shape index (κ3) is 6.24. The summed E-state index contributed by atoms with van der Waals surface area (Å²) in [5.41, 5.74) is 2.09. The lowest BCUT2D eigenvalue weighted by molar-refractivity contribution is -0.146. The van der Waals surface area contributed by atoms with Crippen molar-refractivity contribution in [2.24, 2.45) is 11.8 Å². The molecule has 0 unspecified atom stereocenters. The fourth-order valence-corrected chi connectivity index (χ4v) is 7.47. The third-order valence-corrected chi connectivity index (χ3v) is 9.78. The predicted octanol–water partition coefficient (Wildman–Crippen LogP) is 3.70. The number of cyclic esters (lactones) is 1. The van der Waals surface area contributed by atoms with Crippen molar-refractivity contribution >= 4 is 29.4 Å². The van der Waals surface area contributed by atoms with E-state index < -0.39 is 41.5 Å². The van der Waals surface area contributed by atoms with Gasteiger partial charge in [-0.3, -0.25) is 19.2 Å². The van der Waals surface area contributed by atoms with Gasteiger partial charge in [0.15, 0.2) is 0 Å². The average molecular weight is 642 g/mol. The molecule has 0 radical (unpaired) electrons.